The Bertz CT molecular complexity index is 647. The highest BCUT2D eigenvalue weighted by Crippen LogP contribution is 2.14. The molecule has 1 aromatic rings. The minimum absolute atomic E-state index is 0.0678. The van der Waals surface area contributed by atoms with Crippen LogP contribution in [0, 0.1) is 0 Å². The molecule has 0 spiro atoms. The number of benzene rings is 1. The van der Waals surface area contributed by atoms with Gasteiger partial charge in [-0.3, -0.25) is 4.79 Å². The van der Waals surface area contributed by atoms with Gasteiger partial charge >= 0.3 is 10.3 Å². The van der Waals surface area contributed by atoms with Gasteiger partial charge in [0.1, 0.15) is 5.75 Å². The molecule has 0 unspecified atom stereocenters. The summed E-state index contributed by atoms with van der Waals surface area (Å²) in [7, 11) is -4.01. The Morgan fingerprint density at radius 2 is 1.46 bits per heavy atom. The zero-order valence-electron chi connectivity index (χ0n) is 16.6. The maximum absolute atomic E-state index is 11.8. The van der Waals surface area contributed by atoms with Gasteiger partial charge in [0.05, 0.1) is 0 Å². The van der Waals surface area contributed by atoms with E-state index in [0.717, 1.165) is 31.2 Å². The molecular weight excluding hydrogens is 380 g/mol. The van der Waals surface area contributed by atoms with Crippen LogP contribution >= 0.6 is 0 Å². The average Bonchev–Trinajstić information content (AvgIpc) is 2.63. The Morgan fingerprint density at radius 1 is 0.929 bits per heavy atom. The highest BCUT2D eigenvalue weighted by atomic mass is 32.2. The van der Waals surface area contributed by atoms with Gasteiger partial charge in [-0.25, -0.2) is 0 Å². The largest absolute Gasteiger partial charge is 0.396 e. The van der Waals surface area contributed by atoms with E-state index in [1.54, 1.807) is 12.1 Å². The first-order valence-corrected chi connectivity index (χ1v) is 11.6. The topological polar surface area (TPSA) is 119 Å². The predicted octanol–water partition coefficient (Wildman–Crippen LogP) is 2.82. The SMILES string of the molecule is NS(=O)(=O)Oc1ccc(CCNC(=O)CCCCCCCCCCCO)cc1. The third kappa shape index (κ3) is 13.5. The van der Waals surface area contributed by atoms with Crippen LogP contribution in [0.3, 0.4) is 0 Å². The molecule has 160 valence electrons. The molecule has 1 aromatic carbocycles. The number of nitrogens with two attached hydrogens (primary N) is 1. The Morgan fingerprint density at radius 3 is 2.00 bits per heavy atom. The zero-order chi connectivity index (χ0) is 20.7. The molecule has 0 saturated carbocycles. The van der Waals surface area contributed by atoms with Gasteiger partial charge in [0.2, 0.25) is 5.91 Å². The van der Waals surface area contributed by atoms with Crippen molar-refractivity contribution in [2.24, 2.45) is 5.14 Å². The third-order valence-electron chi connectivity index (χ3n) is 4.43. The second-order valence-corrected chi connectivity index (χ2v) is 8.13. The van der Waals surface area contributed by atoms with Gasteiger partial charge in [0.25, 0.3) is 0 Å². The minimum Gasteiger partial charge on any atom is -0.396 e. The van der Waals surface area contributed by atoms with Crippen LogP contribution in [0.4, 0.5) is 0 Å². The smallest absolute Gasteiger partial charge is 0.380 e. The van der Waals surface area contributed by atoms with Crippen molar-refractivity contribution in [1.29, 1.82) is 0 Å². The van der Waals surface area contributed by atoms with E-state index in [9.17, 15) is 13.2 Å². The maximum Gasteiger partial charge on any atom is 0.380 e. The average molecular weight is 415 g/mol. The first-order chi connectivity index (χ1) is 13.4. The first-order valence-electron chi connectivity index (χ1n) is 10.1. The van der Waals surface area contributed by atoms with E-state index < -0.39 is 10.3 Å². The van der Waals surface area contributed by atoms with Crippen LogP contribution in [-0.2, 0) is 21.5 Å². The molecule has 0 aliphatic carbocycles. The van der Waals surface area contributed by atoms with E-state index in [1.807, 2.05) is 0 Å². The molecule has 4 N–H and O–H groups in total. The van der Waals surface area contributed by atoms with Crippen LogP contribution in [-0.4, -0.2) is 32.6 Å². The summed E-state index contributed by atoms with van der Waals surface area (Å²) >= 11 is 0. The van der Waals surface area contributed by atoms with Gasteiger partial charge in [0, 0.05) is 19.6 Å². The molecule has 1 amide bonds. The molecular formula is C20H34N2O5S. The van der Waals surface area contributed by atoms with Crippen molar-refractivity contribution >= 4 is 16.2 Å². The van der Waals surface area contributed by atoms with Gasteiger partial charge in [-0.15, -0.1) is 0 Å². The molecule has 1 rings (SSSR count). The number of amides is 1. The number of aliphatic hydroxyl groups is 1. The molecule has 0 aliphatic rings. The van der Waals surface area contributed by atoms with Gasteiger partial charge in [0.15, 0.2) is 0 Å². The van der Waals surface area contributed by atoms with Crippen LogP contribution in [0.1, 0.15) is 69.8 Å². The van der Waals surface area contributed by atoms with Crippen molar-refractivity contribution in [3.63, 3.8) is 0 Å². The summed E-state index contributed by atoms with van der Waals surface area (Å²) in [5.41, 5.74) is 0.973. The lowest BCUT2D eigenvalue weighted by Crippen LogP contribution is -2.25. The molecule has 0 bridgehead atoms. The number of carbonyl (C=O) groups is 1. The Kier molecular flexibility index (Phi) is 12.5. The standard InChI is InChI=1S/C20H34N2O5S/c21-28(25,26)27-19-13-11-18(12-14-19)15-16-22-20(24)10-8-6-4-2-1-3-5-7-9-17-23/h11-14,23H,1-10,15-17H2,(H,22,24)(H2,21,25,26). The monoisotopic (exact) mass is 414 g/mol. The fraction of sp³-hybridized carbons (Fsp3) is 0.650. The quantitative estimate of drug-likeness (QED) is 0.359. The summed E-state index contributed by atoms with van der Waals surface area (Å²) in [5.74, 6) is 0.235. The molecule has 0 aromatic heterocycles. The minimum atomic E-state index is -4.01. The molecule has 0 atom stereocenters. The van der Waals surface area contributed by atoms with E-state index >= 15 is 0 Å². The molecule has 0 fully saturated rings. The number of rotatable bonds is 16. The lowest BCUT2D eigenvalue weighted by molar-refractivity contribution is -0.121. The molecule has 0 aliphatic heterocycles. The second kappa shape index (κ2) is 14.4. The Hall–Kier alpha value is -1.64. The van der Waals surface area contributed by atoms with Crippen molar-refractivity contribution in [2.45, 2.75) is 70.6 Å². The van der Waals surface area contributed by atoms with Crippen molar-refractivity contribution in [2.75, 3.05) is 13.2 Å². The molecule has 0 radical (unpaired) electrons. The number of carbonyl (C=O) groups excluding carboxylic acids is 1. The maximum atomic E-state index is 11.8. The van der Waals surface area contributed by atoms with Crippen molar-refractivity contribution in [3.8, 4) is 5.75 Å². The van der Waals surface area contributed by atoms with Gasteiger partial charge in [-0.05, 0) is 37.0 Å². The second-order valence-electron chi connectivity index (χ2n) is 6.98. The zero-order valence-corrected chi connectivity index (χ0v) is 17.4. The van der Waals surface area contributed by atoms with Crippen LogP contribution in [0.5, 0.6) is 5.75 Å². The van der Waals surface area contributed by atoms with Gasteiger partial charge in [-0.1, -0.05) is 57.1 Å². The molecule has 0 heterocycles. The highest BCUT2D eigenvalue weighted by molar-refractivity contribution is 7.84. The molecule has 7 nitrogen and oxygen atoms in total. The number of unbranched alkanes of at least 4 members (excludes halogenated alkanes) is 8. The number of aliphatic hydroxyl groups excluding tert-OH is 1. The van der Waals surface area contributed by atoms with E-state index in [4.69, 9.17) is 10.2 Å². The normalized spacial score (nSPS) is 11.4. The van der Waals surface area contributed by atoms with Crippen molar-refractivity contribution in [3.05, 3.63) is 29.8 Å². The highest BCUT2D eigenvalue weighted by Gasteiger charge is 2.05. The summed E-state index contributed by atoms with van der Waals surface area (Å²) in [6.45, 7) is 0.840. The Balaban J connectivity index is 2.02. The first kappa shape index (κ1) is 24.4. The number of nitrogens with one attached hydrogen (secondary N) is 1. The predicted molar refractivity (Wildman–Crippen MR) is 110 cm³/mol. The number of hydrogen-bond acceptors (Lipinski definition) is 5. The van der Waals surface area contributed by atoms with E-state index in [0.29, 0.717) is 26.0 Å². The molecule has 0 saturated heterocycles. The van der Waals surface area contributed by atoms with E-state index in [2.05, 4.69) is 9.50 Å². The molecule has 8 heteroatoms. The number of hydrogen-bond donors (Lipinski definition) is 3. The van der Waals surface area contributed by atoms with Crippen LogP contribution < -0.4 is 14.6 Å². The Labute approximate surface area is 168 Å². The summed E-state index contributed by atoms with van der Waals surface area (Å²) in [4.78, 5) is 11.8. The third-order valence-corrected chi connectivity index (χ3v) is 4.86. The summed E-state index contributed by atoms with van der Waals surface area (Å²) < 4.78 is 26.3. The van der Waals surface area contributed by atoms with Crippen LogP contribution in [0.2, 0.25) is 0 Å². The fourth-order valence-electron chi connectivity index (χ4n) is 2.92. The fourth-order valence-corrected chi connectivity index (χ4v) is 3.29. The van der Waals surface area contributed by atoms with Gasteiger partial charge < -0.3 is 14.6 Å². The summed E-state index contributed by atoms with van der Waals surface area (Å²) in [6.07, 6.45) is 11.3. The van der Waals surface area contributed by atoms with E-state index in [1.165, 1.54) is 44.2 Å². The lowest BCUT2D eigenvalue weighted by Gasteiger charge is -2.07. The van der Waals surface area contributed by atoms with E-state index in [-0.39, 0.29) is 11.7 Å². The lowest BCUT2D eigenvalue weighted by atomic mass is 10.1. The van der Waals surface area contributed by atoms with Crippen LogP contribution in [0.15, 0.2) is 24.3 Å². The van der Waals surface area contributed by atoms with Crippen LogP contribution in [0.25, 0.3) is 0 Å². The van der Waals surface area contributed by atoms with Crippen molar-refractivity contribution in [1.82, 2.24) is 5.32 Å². The summed E-state index contributed by atoms with van der Waals surface area (Å²) in [6, 6.07) is 6.56. The van der Waals surface area contributed by atoms with Gasteiger partial charge in [-0.2, -0.15) is 13.6 Å². The molecule has 28 heavy (non-hydrogen) atoms. The summed E-state index contributed by atoms with van der Waals surface area (Å²) in [5, 5.41) is 16.4. The van der Waals surface area contributed by atoms with Crippen molar-refractivity contribution < 1.29 is 22.5 Å².